The van der Waals surface area contributed by atoms with Gasteiger partial charge in [0.05, 0.1) is 5.52 Å². The molecule has 1 aromatic carbocycles. The van der Waals surface area contributed by atoms with Gasteiger partial charge in [-0.1, -0.05) is 18.0 Å². The number of carbonyl (C=O) groups is 2. The third-order valence-electron chi connectivity index (χ3n) is 5.72. The largest absolute Gasteiger partial charge is 0.368 e. The van der Waals surface area contributed by atoms with E-state index >= 15 is 0 Å². The first-order chi connectivity index (χ1) is 13.0. The van der Waals surface area contributed by atoms with Crippen molar-refractivity contribution in [3.05, 3.63) is 35.0 Å². The van der Waals surface area contributed by atoms with E-state index in [9.17, 15) is 9.59 Å². The average molecular weight is 390 g/mol. The summed E-state index contributed by atoms with van der Waals surface area (Å²) in [5.74, 6) is 0.246. The number of hydrogen-bond acceptors (Lipinski definition) is 3. The standard InChI is InChI=1S/C20H24ClN3O3/c21-13-6-7-17-15(10-13)16(11-24(17)20(22)26)12-3-1-4-14(9-12)23-19(25)18-5-2-8-27-18/h6-7,10-12,14,18H,1-5,8-9H2,(H2,22,26)(H,23,25)/t12-,14+,18-/m0/s1. The molecular weight excluding hydrogens is 366 g/mol. The van der Waals surface area contributed by atoms with Crippen LogP contribution in [0, 0.1) is 0 Å². The number of nitrogens with one attached hydrogen (secondary N) is 1. The second kappa shape index (κ2) is 7.52. The molecule has 0 unspecified atom stereocenters. The van der Waals surface area contributed by atoms with E-state index in [0.29, 0.717) is 11.6 Å². The summed E-state index contributed by atoms with van der Waals surface area (Å²) in [6, 6.07) is 5.09. The summed E-state index contributed by atoms with van der Waals surface area (Å²) in [5, 5.41) is 4.75. The fraction of sp³-hybridized carbons (Fsp3) is 0.500. The molecule has 0 radical (unpaired) electrons. The van der Waals surface area contributed by atoms with Crippen LogP contribution in [0.5, 0.6) is 0 Å². The lowest BCUT2D eigenvalue weighted by Crippen LogP contribution is -2.43. The fourth-order valence-electron chi connectivity index (χ4n) is 4.42. The normalized spacial score (nSPS) is 25.6. The number of aromatic nitrogens is 1. The molecule has 2 amide bonds. The van der Waals surface area contributed by atoms with Crippen LogP contribution in [0.2, 0.25) is 5.02 Å². The van der Waals surface area contributed by atoms with Gasteiger partial charge in [-0.25, -0.2) is 4.79 Å². The second-order valence-corrected chi connectivity index (χ2v) is 7.96. The summed E-state index contributed by atoms with van der Waals surface area (Å²) in [7, 11) is 0. The van der Waals surface area contributed by atoms with E-state index in [4.69, 9.17) is 22.1 Å². The number of carbonyl (C=O) groups excluding carboxylic acids is 2. The van der Waals surface area contributed by atoms with Crippen molar-refractivity contribution >= 4 is 34.4 Å². The summed E-state index contributed by atoms with van der Waals surface area (Å²) in [5.41, 5.74) is 7.39. The van der Waals surface area contributed by atoms with Gasteiger partial charge in [0.25, 0.3) is 0 Å². The van der Waals surface area contributed by atoms with Crippen molar-refractivity contribution in [1.29, 1.82) is 0 Å². The Hall–Kier alpha value is -2.05. The number of primary amides is 1. The van der Waals surface area contributed by atoms with E-state index in [1.165, 1.54) is 4.57 Å². The number of ether oxygens (including phenoxy) is 1. The average Bonchev–Trinajstić information content (AvgIpc) is 3.30. The number of benzene rings is 1. The summed E-state index contributed by atoms with van der Waals surface area (Å²) >= 11 is 6.19. The van der Waals surface area contributed by atoms with Crippen molar-refractivity contribution in [1.82, 2.24) is 9.88 Å². The zero-order valence-corrected chi connectivity index (χ0v) is 15.9. The highest BCUT2D eigenvalue weighted by atomic mass is 35.5. The highest BCUT2D eigenvalue weighted by molar-refractivity contribution is 6.31. The predicted octanol–water partition coefficient (Wildman–Crippen LogP) is 3.54. The second-order valence-electron chi connectivity index (χ2n) is 7.52. The fourth-order valence-corrected chi connectivity index (χ4v) is 4.59. The Labute approximate surface area is 163 Å². The zero-order chi connectivity index (χ0) is 19.0. The number of halogens is 1. The molecule has 3 atom stereocenters. The van der Waals surface area contributed by atoms with Gasteiger partial charge in [0, 0.05) is 29.3 Å². The Morgan fingerprint density at radius 3 is 2.81 bits per heavy atom. The molecule has 3 N–H and O–H groups in total. The topological polar surface area (TPSA) is 86.4 Å². The van der Waals surface area contributed by atoms with E-state index in [2.05, 4.69) is 5.32 Å². The molecule has 1 aromatic heterocycles. The monoisotopic (exact) mass is 389 g/mol. The Kier molecular flexibility index (Phi) is 5.10. The summed E-state index contributed by atoms with van der Waals surface area (Å²) in [4.78, 5) is 24.2. The molecule has 1 aliphatic heterocycles. The van der Waals surface area contributed by atoms with Crippen molar-refractivity contribution in [3.63, 3.8) is 0 Å². The minimum Gasteiger partial charge on any atom is -0.368 e. The number of hydrogen-bond donors (Lipinski definition) is 2. The quantitative estimate of drug-likeness (QED) is 0.841. The number of nitrogens with zero attached hydrogens (tertiary/aromatic N) is 1. The first-order valence-corrected chi connectivity index (χ1v) is 9.93. The van der Waals surface area contributed by atoms with Crippen LogP contribution in [0.4, 0.5) is 4.79 Å². The number of nitrogens with two attached hydrogens (primary N) is 1. The maximum atomic E-state index is 12.4. The minimum atomic E-state index is -0.507. The van der Waals surface area contributed by atoms with Crippen LogP contribution in [-0.4, -0.2) is 35.3 Å². The van der Waals surface area contributed by atoms with Gasteiger partial charge in [-0.15, -0.1) is 0 Å². The lowest BCUT2D eigenvalue weighted by atomic mass is 9.81. The molecule has 7 heteroatoms. The molecule has 1 saturated heterocycles. The lowest BCUT2D eigenvalue weighted by Gasteiger charge is -2.30. The van der Waals surface area contributed by atoms with Crippen LogP contribution in [-0.2, 0) is 9.53 Å². The molecule has 144 valence electrons. The molecule has 4 rings (SSSR count). The van der Waals surface area contributed by atoms with E-state index < -0.39 is 6.03 Å². The first-order valence-electron chi connectivity index (χ1n) is 9.55. The number of fused-ring (bicyclic) bond motifs is 1. The van der Waals surface area contributed by atoms with Gasteiger partial charge in [0.1, 0.15) is 6.10 Å². The van der Waals surface area contributed by atoms with Crippen LogP contribution >= 0.6 is 11.6 Å². The molecular formula is C20H24ClN3O3. The van der Waals surface area contributed by atoms with Gasteiger partial charge < -0.3 is 15.8 Å². The van der Waals surface area contributed by atoms with Crippen molar-refractivity contribution in [3.8, 4) is 0 Å². The molecule has 2 aromatic rings. The van der Waals surface area contributed by atoms with Crippen LogP contribution in [0.3, 0.4) is 0 Å². The van der Waals surface area contributed by atoms with Crippen molar-refractivity contribution < 1.29 is 14.3 Å². The Morgan fingerprint density at radius 2 is 2.07 bits per heavy atom. The summed E-state index contributed by atoms with van der Waals surface area (Å²) in [6.45, 7) is 0.665. The van der Waals surface area contributed by atoms with E-state index in [1.54, 1.807) is 6.07 Å². The van der Waals surface area contributed by atoms with Gasteiger partial charge in [0.15, 0.2) is 0 Å². The van der Waals surface area contributed by atoms with Gasteiger partial charge in [0.2, 0.25) is 5.91 Å². The van der Waals surface area contributed by atoms with Gasteiger partial charge >= 0.3 is 6.03 Å². The van der Waals surface area contributed by atoms with Crippen molar-refractivity contribution in [2.45, 2.75) is 56.6 Å². The highest BCUT2D eigenvalue weighted by Crippen LogP contribution is 2.38. The van der Waals surface area contributed by atoms with Crippen LogP contribution < -0.4 is 11.1 Å². The molecule has 1 saturated carbocycles. The van der Waals surface area contributed by atoms with E-state index in [-0.39, 0.29) is 24.0 Å². The third-order valence-corrected chi connectivity index (χ3v) is 5.95. The molecule has 1 aliphatic carbocycles. The molecule has 0 spiro atoms. The van der Waals surface area contributed by atoms with Crippen LogP contribution in [0.15, 0.2) is 24.4 Å². The van der Waals surface area contributed by atoms with Gasteiger partial charge in [-0.2, -0.15) is 0 Å². The molecule has 0 bridgehead atoms. The molecule has 2 aliphatic rings. The smallest absolute Gasteiger partial charge is 0.323 e. The zero-order valence-electron chi connectivity index (χ0n) is 15.1. The van der Waals surface area contributed by atoms with Crippen molar-refractivity contribution in [2.24, 2.45) is 5.73 Å². The minimum absolute atomic E-state index is 0.000702. The SMILES string of the molecule is NC(=O)n1cc([C@H]2CCC[C@@H](NC(=O)[C@@H]3CCCO3)C2)c2cc(Cl)ccc21. The van der Waals surface area contributed by atoms with E-state index in [1.807, 2.05) is 18.3 Å². The number of rotatable bonds is 3. The highest BCUT2D eigenvalue weighted by Gasteiger charge is 2.30. The van der Waals surface area contributed by atoms with Gasteiger partial charge in [-0.05, 0) is 61.8 Å². The first kappa shape index (κ1) is 18.3. The van der Waals surface area contributed by atoms with Crippen LogP contribution in [0.1, 0.15) is 50.0 Å². The van der Waals surface area contributed by atoms with Gasteiger partial charge in [-0.3, -0.25) is 9.36 Å². The number of amides is 2. The Balaban J connectivity index is 1.56. The maximum Gasteiger partial charge on any atom is 0.323 e. The third kappa shape index (κ3) is 3.69. The summed E-state index contributed by atoms with van der Waals surface area (Å²) in [6.07, 6.45) is 7.10. The molecule has 2 heterocycles. The van der Waals surface area contributed by atoms with E-state index in [0.717, 1.165) is 55.0 Å². The molecule has 27 heavy (non-hydrogen) atoms. The van der Waals surface area contributed by atoms with Crippen LogP contribution in [0.25, 0.3) is 10.9 Å². The molecule has 6 nitrogen and oxygen atoms in total. The summed E-state index contributed by atoms with van der Waals surface area (Å²) < 4.78 is 6.97. The predicted molar refractivity (Wildman–Crippen MR) is 104 cm³/mol. The maximum absolute atomic E-state index is 12.4. The lowest BCUT2D eigenvalue weighted by molar-refractivity contribution is -0.131. The van der Waals surface area contributed by atoms with Crippen molar-refractivity contribution in [2.75, 3.05) is 6.61 Å². The Morgan fingerprint density at radius 1 is 1.22 bits per heavy atom. The Bertz CT molecular complexity index is 873. The molecule has 2 fully saturated rings.